The Labute approximate surface area is 304 Å². The largest absolute Gasteiger partial charge is 0.496 e. The SMILES string of the molecule is COc1ccc(-c2ccc(C(=O)O)cc2C)cc1-c1cnc(N2CCOCC2)nc1CN1C(=O)O[C@]2(C3=CC(C(F)(F)F)=CC(C(F)(F)F)=C[C@H]32)C12CC2. The number of hydrogen-bond donors (Lipinski definition) is 1. The Balaban J connectivity index is 1.22. The van der Waals surface area contributed by atoms with Crippen LogP contribution >= 0.6 is 0 Å². The Kier molecular flexibility index (Phi) is 8.14. The molecule has 3 heterocycles. The molecule has 10 nitrogen and oxygen atoms in total. The van der Waals surface area contributed by atoms with Gasteiger partial charge in [0.25, 0.3) is 0 Å². The van der Waals surface area contributed by atoms with Crippen molar-refractivity contribution in [1.29, 1.82) is 0 Å². The van der Waals surface area contributed by atoms with Gasteiger partial charge in [-0.1, -0.05) is 18.2 Å². The summed E-state index contributed by atoms with van der Waals surface area (Å²) in [5, 5.41) is 9.48. The molecular formula is C38H32F6N4O6. The maximum Gasteiger partial charge on any atom is 0.416 e. The van der Waals surface area contributed by atoms with Gasteiger partial charge >= 0.3 is 24.4 Å². The number of morpholine rings is 1. The Morgan fingerprint density at radius 2 is 1.70 bits per heavy atom. The van der Waals surface area contributed by atoms with Gasteiger partial charge in [-0.05, 0) is 78.4 Å². The number of ether oxygens (including phenoxy) is 3. The summed E-state index contributed by atoms with van der Waals surface area (Å²) in [6.07, 6.45) is -7.36. The molecular weight excluding hydrogens is 722 g/mol. The molecule has 1 amide bonds. The van der Waals surface area contributed by atoms with Crippen LogP contribution in [0.1, 0.15) is 34.5 Å². The number of carbonyl (C=O) groups is 2. The fourth-order valence-electron chi connectivity index (χ4n) is 8.05. The number of anilines is 1. The number of hydrogen-bond acceptors (Lipinski definition) is 8. The second-order valence-electron chi connectivity index (χ2n) is 13.9. The van der Waals surface area contributed by atoms with Crippen molar-refractivity contribution >= 4 is 18.0 Å². The Hall–Kier alpha value is -5.38. The number of rotatable bonds is 7. The number of nitrogens with zero attached hydrogens (tertiary/aromatic N) is 4. The van der Waals surface area contributed by atoms with Crippen molar-refractivity contribution in [2.45, 2.75) is 49.8 Å². The van der Waals surface area contributed by atoms with Crippen LogP contribution in [0.25, 0.3) is 22.3 Å². The maximum atomic E-state index is 14.0. The molecule has 2 aliphatic heterocycles. The fraction of sp³-hybridized carbons (Fsp3) is 0.368. The number of halogens is 6. The van der Waals surface area contributed by atoms with E-state index >= 15 is 0 Å². The molecule has 54 heavy (non-hydrogen) atoms. The minimum atomic E-state index is -5.08. The number of methoxy groups -OCH3 is 1. The number of aromatic carboxylic acids is 1. The highest BCUT2D eigenvalue weighted by molar-refractivity contribution is 5.89. The molecule has 2 spiro atoms. The molecule has 2 saturated heterocycles. The van der Waals surface area contributed by atoms with Crippen LogP contribution in [0, 0.1) is 12.8 Å². The average Bonchev–Trinajstić information content (AvgIpc) is 4.03. The second-order valence-corrected chi connectivity index (χ2v) is 13.9. The van der Waals surface area contributed by atoms with E-state index in [9.17, 15) is 41.0 Å². The quantitative estimate of drug-likeness (QED) is 0.246. The zero-order valence-electron chi connectivity index (χ0n) is 28.8. The van der Waals surface area contributed by atoms with E-state index in [-0.39, 0.29) is 36.6 Å². The lowest BCUT2D eigenvalue weighted by Crippen LogP contribution is -2.41. The monoisotopic (exact) mass is 754 g/mol. The third-order valence-electron chi connectivity index (χ3n) is 10.9. The summed E-state index contributed by atoms with van der Waals surface area (Å²) >= 11 is 0. The Morgan fingerprint density at radius 1 is 0.981 bits per heavy atom. The van der Waals surface area contributed by atoms with E-state index in [1.54, 1.807) is 31.3 Å². The van der Waals surface area contributed by atoms with E-state index in [4.69, 9.17) is 19.2 Å². The van der Waals surface area contributed by atoms with Crippen LogP contribution < -0.4 is 9.64 Å². The molecule has 2 atom stereocenters. The molecule has 3 aromatic rings. The first-order valence-corrected chi connectivity index (χ1v) is 17.1. The molecule has 1 aromatic heterocycles. The van der Waals surface area contributed by atoms with Crippen molar-refractivity contribution in [2.75, 3.05) is 38.3 Å². The molecule has 8 rings (SSSR count). The first kappa shape index (κ1) is 35.6. The molecule has 0 unspecified atom stereocenters. The van der Waals surface area contributed by atoms with Crippen LogP contribution in [-0.4, -0.2) is 88.9 Å². The summed E-state index contributed by atoms with van der Waals surface area (Å²) < 4.78 is 101. The highest BCUT2D eigenvalue weighted by Crippen LogP contribution is 2.73. The number of carbonyl (C=O) groups excluding carboxylic acids is 1. The summed E-state index contributed by atoms with van der Waals surface area (Å²) in [7, 11) is 1.48. The zero-order chi connectivity index (χ0) is 38.4. The first-order valence-electron chi connectivity index (χ1n) is 17.1. The van der Waals surface area contributed by atoms with Crippen LogP contribution in [0.4, 0.5) is 37.1 Å². The predicted molar refractivity (Wildman–Crippen MR) is 181 cm³/mol. The minimum Gasteiger partial charge on any atom is -0.496 e. The lowest BCUT2D eigenvalue weighted by molar-refractivity contribution is -0.0935. The third kappa shape index (κ3) is 5.69. The van der Waals surface area contributed by atoms with Gasteiger partial charge in [0.2, 0.25) is 5.95 Å². The van der Waals surface area contributed by atoms with Crippen LogP contribution in [0.3, 0.4) is 0 Å². The molecule has 0 radical (unpaired) electrons. The molecule has 3 aliphatic carbocycles. The maximum absolute atomic E-state index is 14.0. The van der Waals surface area contributed by atoms with Gasteiger partial charge in [-0.25, -0.2) is 19.6 Å². The highest BCUT2D eigenvalue weighted by atomic mass is 19.4. The lowest BCUT2D eigenvalue weighted by Gasteiger charge is -2.29. The summed E-state index contributed by atoms with van der Waals surface area (Å²) in [6, 6.07) is 10.1. The number of fused-ring (bicyclic) bond motifs is 4. The van der Waals surface area contributed by atoms with Gasteiger partial charge in [0.15, 0.2) is 5.60 Å². The molecule has 4 fully saturated rings. The number of aromatic nitrogens is 2. The fourth-order valence-corrected chi connectivity index (χ4v) is 8.05. The predicted octanol–water partition coefficient (Wildman–Crippen LogP) is 7.43. The Morgan fingerprint density at radius 3 is 2.33 bits per heavy atom. The number of amides is 1. The van der Waals surface area contributed by atoms with Gasteiger partial charge in [0, 0.05) is 36.3 Å². The lowest BCUT2D eigenvalue weighted by atomic mass is 9.94. The topological polar surface area (TPSA) is 114 Å². The van der Waals surface area contributed by atoms with E-state index in [1.807, 2.05) is 17.0 Å². The van der Waals surface area contributed by atoms with Crippen molar-refractivity contribution in [1.82, 2.24) is 14.9 Å². The first-order chi connectivity index (χ1) is 25.6. The zero-order valence-corrected chi connectivity index (χ0v) is 28.8. The summed E-state index contributed by atoms with van der Waals surface area (Å²) in [5.74, 6) is -1.50. The number of benzene rings is 2. The molecule has 5 aliphatic rings. The number of allylic oxidation sites excluding steroid dienone is 4. The average molecular weight is 755 g/mol. The molecule has 2 saturated carbocycles. The highest BCUT2D eigenvalue weighted by Gasteiger charge is 2.84. The smallest absolute Gasteiger partial charge is 0.416 e. The number of carboxylic acids is 1. The van der Waals surface area contributed by atoms with Crippen LogP contribution in [0.15, 0.2) is 77.5 Å². The van der Waals surface area contributed by atoms with Crippen molar-refractivity contribution in [3.8, 4) is 28.0 Å². The van der Waals surface area contributed by atoms with Gasteiger partial charge in [-0.3, -0.25) is 4.90 Å². The summed E-state index contributed by atoms with van der Waals surface area (Å²) in [5.41, 5.74) is -2.25. The second kappa shape index (κ2) is 12.3. The van der Waals surface area contributed by atoms with Crippen LogP contribution in [0.5, 0.6) is 5.75 Å². The minimum absolute atomic E-state index is 0.0331. The van der Waals surface area contributed by atoms with E-state index in [2.05, 4.69) is 4.98 Å². The van der Waals surface area contributed by atoms with Gasteiger partial charge in [-0.15, -0.1) is 0 Å². The van der Waals surface area contributed by atoms with Gasteiger partial charge in [0.1, 0.15) is 5.75 Å². The summed E-state index contributed by atoms with van der Waals surface area (Å²) in [6.45, 7) is 3.42. The van der Waals surface area contributed by atoms with Crippen molar-refractivity contribution in [2.24, 2.45) is 5.92 Å². The number of carboxylic acid groups (broad SMARTS) is 1. The molecule has 282 valence electrons. The van der Waals surface area contributed by atoms with E-state index in [1.165, 1.54) is 18.1 Å². The summed E-state index contributed by atoms with van der Waals surface area (Å²) in [4.78, 5) is 38.3. The van der Waals surface area contributed by atoms with Crippen LogP contribution in [-0.2, 0) is 16.0 Å². The third-order valence-corrected chi connectivity index (χ3v) is 10.9. The van der Waals surface area contributed by atoms with E-state index in [0.717, 1.165) is 11.6 Å². The number of alkyl halides is 6. The molecule has 2 aromatic carbocycles. The molecule has 0 bridgehead atoms. The number of aryl methyl sites for hydroxylation is 1. The van der Waals surface area contributed by atoms with Crippen molar-refractivity contribution in [3.63, 3.8) is 0 Å². The Bertz CT molecular complexity index is 2190. The van der Waals surface area contributed by atoms with E-state index < -0.39 is 52.6 Å². The van der Waals surface area contributed by atoms with Crippen molar-refractivity contribution in [3.05, 3.63) is 94.4 Å². The van der Waals surface area contributed by atoms with Gasteiger partial charge in [-0.2, -0.15) is 26.3 Å². The van der Waals surface area contributed by atoms with Gasteiger partial charge in [0.05, 0.1) is 54.8 Å². The normalized spacial score (nSPS) is 23.0. The van der Waals surface area contributed by atoms with E-state index in [0.29, 0.717) is 72.0 Å². The van der Waals surface area contributed by atoms with Crippen LogP contribution in [0.2, 0.25) is 0 Å². The standard InChI is InChI=1S/C38H32F6N4O6/c1-20-13-22(32(49)50)3-5-25(20)21-4-6-31(52-2)26(14-21)27-18-45-33(47-9-11-53-12-10-47)46-30(27)19-48-34(51)54-36(35(48)7-8-35)28-16-23(37(39,40)41)15-24(17-29(28)36)38(42,43)44/h3-6,13-18,28H,7-12,19H2,1-2H3,(H,49,50)/t28-,36-/m1/s1. The van der Waals surface area contributed by atoms with Crippen molar-refractivity contribution < 1.29 is 55.2 Å². The molecule has 1 N–H and O–H groups in total. The molecule has 16 heteroatoms. The van der Waals surface area contributed by atoms with Gasteiger partial charge < -0.3 is 24.2 Å².